The van der Waals surface area contributed by atoms with E-state index in [2.05, 4.69) is 19.2 Å². The van der Waals surface area contributed by atoms with Gasteiger partial charge >= 0.3 is 0 Å². The van der Waals surface area contributed by atoms with Gasteiger partial charge in [0.1, 0.15) is 0 Å². The molecule has 0 aromatic heterocycles. The Balaban J connectivity index is 1.85. The average Bonchev–Trinajstić information content (AvgIpc) is 2.47. The molecule has 19 heavy (non-hydrogen) atoms. The zero-order valence-corrected chi connectivity index (χ0v) is 13.0. The van der Waals surface area contributed by atoms with E-state index >= 15 is 0 Å². The van der Waals surface area contributed by atoms with Gasteiger partial charge in [0.25, 0.3) is 0 Å². The Morgan fingerprint density at radius 3 is 2.16 bits per heavy atom. The first kappa shape index (κ1) is 15.3. The van der Waals surface area contributed by atoms with E-state index in [9.17, 15) is 0 Å². The highest BCUT2D eigenvalue weighted by Crippen LogP contribution is 2.36. The first-order valence-corrected chi connectivity index (χ1v) is 8.66. The van der Waals surface area contributed by atoms with Crippen molar-refractivity contribution in [3.05, 3.63) is 0 Å². The van der Waals surface area contributed by atoms with E-state index < -0.39 is 0 Å². The van der Waals surface area contributed by atoms with E-state index in [0.717, 1.165) is 43.6 Å². The van der Waals surface area contributed by atoms with Crippen molar-refractivity contribution in [3.63, 3.8) is 0 Å². The maximum atomic E-state index is 5.54. The second kappa shape index (κ2) is 8.26. The molecule has 0 amide bonds. The first-order chi connectivity index (χ1) is 9.35. The van der Waals surface area contributed by atoms with Gasteiger partial charge in [0, 0.05) is 19.3 Å². The lowest BCUT2D eigenvalue weighted by Gasteiger charge is -2.40. The van der Waals surface area contributed by atoms with Crippen LogP contribution in [0.5, 0.6) is 0 Å². The molecule has 0 spiro atoms. The lowest BCUT2D eigenvalue weighted by atomic mass is 9.72. The molecule has 1 saturated heterocycles. The van der Waals surface area contributed by atoms with Gasteiger partial charge in [-0.2, -0.15) is 0 Å². The van der Waals surface area contributed by atoms with Crippen LogP contribution in [0.1, 0.15) is 65.2 Å². The standard InChI is InChI=1S/C17H33NO/c1-3-5-14-6-8-15(9-7-14)17(18-4-2)16-10-12-19-13-11-16/h14-18H,3-13H2,1-2H3. The van der Waals surface area contributed by atoms with Gasteiger partial charge in [0.15, 0.2) is 0 Å². The quantitative estimate of drug-likeness (QED) is 0.785. The fourth-order valence-electron chi connectivity index (χ4n) is 4.27. The second-order valence-electron chi connectivity index (χ2n) is 6.60. The van der Waals surface area contributed by atoms with Crippen molar-refractivity contribution in [2.75, 3.05) is 19.8 Å². The van der Waals surface area contributed by atoms with Crippen molar-refractivity contribution >= 4 is 0 Å². The number of ether oxygens (including phenoxy) is 1. The zero-order valence-electron chi connectivity index (χ0n) is 13.0. The molecule has 2 nitrogen and oxygen atoms in total. The number of hydrogen-bond donors (Lipinski definition) is 1. The Hall–Kier alpha value is -0.0800. The fourth-order valence-corrected chi connectivity index (χ4v) is 4.27. The van der Waals surface area contributed by atoms with Crippen molar-refractivity contribution < 1.29 is 4.74 Å². The largest absolute Gasteiger partial charge is 0.381 e. The molecule has 1 atom stereocenters. The van der Waals surface area contributed by atoms with Gasteiger partial charge in [0.2, 0.25) is 0 Å². The first-order valence-electron chi connectivity index (χ1n) is 8.66. The van der Waals surface area contributed by atoms with Crippen LogP contribution in [0, 0.1) is 17.8 Å². The van der Waals surface area contributed by atoms with Crippen molar-refractivity contribution in [2.45, 2.75) is 71.3 Å². The molecular formula is C17H33NO. The van der Waals surface area contributed by atoms with Crippen LogP contribution in [0.3, 0.4) is 0 Å². The van der Waals surface area contributed by atoms with E-state index in [4.69, 9.17) is 4.74 Å². The summed E-state index contributed by atoms with van der Waals surface area (Å²) in [5.74, 6) is 2.82. The maximum absolute atomic E-state index is 5.54. The third kappa shape index (κ3) is 4.46. The Morgan fingerprint density at radius 2 is 1.58 bits per heavy atom. The molecule has 2 fully saturated rings. The Kier molecular flexibility index (Phi) is 6.66. The normalized spacial score (nSPS) is 31.3. The molecule has 2 rings (SSSR count). The molecular weight excluding hydrogens is 234 g/mol. The highest BCUT2D eigenvalue weighted by Gasteiger charge is 2.32. The van der Waals surface area contributed by atoms with Crippen LogP contribution in [0.15, 0.2) is 0 Å². The minimum Gasteiger partial charge on any atom is -0.381 e. The third-order valence-electron chi connectivity index (χ3n) is 5.31. The fraction of sp³-hybridized carbons (Fsp3) is 1.00. The molecule has 112 valence electrons. The highest BCUT2D eigenvalue weighted by molar-refractivity contribution is 4.87. The van der Waals surface area contributed by atoms with E-state index in [-0.39, 0.29) is 0 Å². The van der Waals surface area contributed by atoms with Gasteiger partial charge < -0.3 is 10.1 Å². The van der Waals surface area contributed by atoms with Crippen LogP contribution < -0.4 is 5.32 Å². The average molecular weight is 267 g/mol. The number of hydrogen-bond acceptors (Lipinski definition) is 2. The van der Waals surface area contributed by atoms with Crippen molar-refractivity contribution in [2.24, 2.45) is 17.8 Å². The van der Waals surface area contributed by atoms with Crippen molar-refractivity contribution in [1.82, 2.24) is 5.32 Å². The lowest BCUT2D eigenvalue weighted by molar-refractivity contribution is 0.0385. The lowest BCUT2D eigenvalue weighted by Crippen LogP contribution is -2.45. The molecule has 1 heterocycles. The number of nitrogens with one attached hydrogen (secondary N) is 1. The van der Waals surface area contributed by atoms with Crippen LogP contribution in [-0.2, 0) is 4.74 Å². The molecule has 2 aliphatic rings. The smallest absolute Gasteiger partial charge is 0.0469 e. The SMILES string of the molecule is CCCC1CCC(C(NCC)C2CCOCC2)CC1. The Morgan fingerprint density at radius 1 is 0.947 bits per heavy atom. The van der Waals surface area contributed by atoms with Crippen molar-refractivity contribution in [3.8, 4) is 0 Å². The van der Waals surface area contributed by atoms with Crippen LogP contribution in [0.2, 0.25) is 0 Å². The van der Waals surface area contributed by atoms with Gasteiger partial charge in [-0.15, -0.1) is 0 Å². The minimum atomic E-state index is 0.761. The maximum Gasteiger partial charge on any atom is 0.0469 e. The van der Waals surface area contributed by atoms with Gasteiger partial charge in [-0.25, -0.2) is 0 Å². The molecule has 1 unspecified atom stereocenters. The summed E-state index contributed by atoms with van der Waals surface area (Å²) in [6, 6.07) is 0.761. The predicted octanol–water partition coefficient (Wildman–Crippen LogP) is 4.00. The summed E-state index contributed by atoms with van der Waals surface area (Å²) in [5.41, 5.74) is 0. The highest BCUT2D eigenvalue weighted by atomic mass is 16.5. The summed E-state index contributed by atoms with van der Waals surface area (Å²) in [5, 5.41) is 3.81. The molecule has 1 N–H and O–H groups in total. The van der Waals surface area contributed by atoms with E-state index in [1.807, 2.05) is 0 Å². The molecule has 0 bridgehead atoms. The third-order valence-corrected chi connectivity index (χ3v) is 5.31. The van der Waals surface area contributed by atoms with Gasteiger partial charge in [-0.05, 0) is 50.0 Å². The molecule has 1 aliphatic heterocycles. The minimum absolute atomic E-state index is 0.761. The van der Waals surface area contributed by atoms with E-state index in [0.29, 0.717) is 0 Å². The van der Waals surface area contributed by atoms with Crippen LogP contribution in [-0.4, -0.2) is 25.8 Å². The molecule has 0 aromatic rings. The Bertz CT molecular complexity index is 229. The molecule has 0 aromatic carbocycles. The molecule has 0 radical (unpaired) electrons. The van der Waals surface area contributed by atoms with Gasteiger partial charge in [-0.1, -0.05) is 39.5 Å². The van der Waals surface area contributed by atoms with E-state index in [1.54, 1.807) is 0 Å². The summed E-state index contributed by atoms with van der Waals surface area (Å²) in [7, 11) is 0. The topological polar surface area (TPSA) is 21.3 Å². The predicted molar refractivity (Wildman–Crippen MR) is 81.4 cm³/mol. The van der Waals surface area contributed by atoms with Gasteiger partial charge in [-0.3, -0.25) is 0 Å². The van der Waals surface area contributed by atoms with Crippen LogP contribution >= 0.6 is 0 Å². The van der Waals surface area contributed by atoms with Crippen molar-refractivity contribution in [1.29, 1.82) is 0 Å². The summed E-state index contributed by atoms with van der Waals surface area (Å²) in [4.78, 5) is 0. The summed E-state index contributed by atoms with van der Waals surface area (Å²) in [6.07, 6.45) is 11.2. The molecule has 2 heteroatoms. The zero-order chi connectivity index (χ0) is 13.5. The molecule has 1 saturated carbocycles. The van der Waals surface area contributed by atoms with Crippen LogP contribution in [0.25, 0.3) is 0 Å². The van der Waals surface area contributed by atoms with E-state index in [1.165, 1.54) is 51.4 Å². The van der Waals surface area contributed by atoms with Crippen LogP contribution in [0.4, 0.5) is 0 Å². The number of rotatable bonds is 6. The summed E-state index contributed by atoms with van der Waals surface area (Å²) >= 11 is 0. The summed E-state index contributed by atoms with van der Waals surface area (Å²) < 4.78 is 5.54. The Labute approximate surface area is 119 Å². The van der Waals surface area contributed by atoms with Gasteiger partial charge in [0.05, 0.1) is 0 Å². The summed E-state index contributed by atoms with van der Waals surface area (Å²) in [6.45, 7) is 7.68. The second-order valence-corrected chi connectivity index (χ2v) is 6.60. The monoisotopic (exact) mass is 267 g/mol. The molecule has 1 aliphatic carbocycles.